The van der Waals surface area contributed by atoms with E-state index in [1.54, 1.807) is 31.2 Å². The van der Waals surface area contributed by atoms with Gasteiger partial charge in [0.2, 0.25) is 15.9 Å². The third kappa shape index (κ3) is 5.06. The Hall–Kier alpha value is -1.96. The highest BCUT2D eigenvalue weighted by Gasteiger charge is 2.32. The van der Waals surface area contributed by atoms with E-state index in [0.29, 0.717) is 16.5 Å². The van der Waals surface area contributed by atoms with Gasteiger partial charge in [-0.25, -0.2) is 8.42 Å². The molecular weight excluding hydrogens is 411 g/mol. The molecule has 0 aliphatic carbocycles. The summed E-state index contributed by atoms with van der Waals surface area (Å²) < 4.78 is 31.2. The third-order valence-corrected chi connectivity index (χ3v) is 5.77. The summed E-state index contributed by atoms with van der Waals surface area (Å²) in [6.07, 6.45) is 1.28. The first-order valence-electron chi connectivity index (χ1n) is 8.07. The number of nitrogens with zero attached hydrogens (tertiary/aromatic N) is 1. The Morgan fingerprint density at radius 3 is 2.41 bits per heavy atom. The van der Waals surface area contributed by atoms with E-state index >= 15 is 0 Å². The van der Waals surface area contributed by atoms with Gasteiger partial charge in [-0.2, -0.15) is 0 Å². The highest BCUT2D eigenvalue weighted by molar-refractivity contribution is 7.92. The van der Waals surface area contributed by atoms with E-state index in [4.69, 9.17) is 27.9 Å². The minimum absolute atomic E-state index is 0.197. The molecule has 0 bridgehead atoms. The molecule has 146 valence electrons. The Kier molecular flexibility index (Phi) is 6.97. The number of nitrogens with one attached hydrogen (secondary N) is 1. The summed E-state index contributed by atoms with van der Waals surface area (Å²) in [5.41, 5.74) is 0.708. The summed E-state index contributed by atoms with van der Waals surface area (Å²) in [5.74, 6) is -0.0142. The zero-order chi connectivity index (χ0) is 20.2. The van der Waals surface area contributed by atoms with Gasteiger partial charge in [0.15, 0.2) is 0 Å². The molecule has 6 nitrogen and oxygen atoms in total. The lowest BCUT2D eigenvalue weighted by molar-refractivity contribution is -0.117. The Morgan fingerprint density at radius 1 is 1.19 bits per heavy atom. The maximum Gasteiger partial charge on any atom is 0.248 e. The Bertz CT molecular complexity index is 935. The van der Waals surface area contributed by atoms with Crippen molar-refractivity contribution in [2.75, 3.05) is 23.0 Å². The van der Waals surface area contributed by atoms with Crippen molar-refractivity contribution in [1.29, 1.82) is 0 Å². The van der Waals surface area contributed by atoms with Crippen LogP contribution in [-0.4, -0.2) is 33.7 Å². The van der Waals surface area contributed by atoms with E-state index in [1.165, 1.54) is 25.3 Å². The van der Waals surface area contributed by atoms with Gasteiger partial charge < -0.3 is 10.1 Å². The number of carbonyl (C=O) groups excluding carboxylic acids is 1. The van der Waals surface area contributed by atoms with E-state index in [-0.39, 0.29) is 17.1 Å². The average molecular weight is 431 g/mol. The number of benzene rings is 2. The van der Waals surface area contributed by atoms with Crippen molar-refractivity contribution in [2.24, 2.45) is 0 Å². The zero-order valence-corrected chi connectivity index (χ0v) is 17.4. The number of hydrogen-bond donors (Lipinski definition) is 1. The fraction of sp³-hybridized carbons (Fsp3) is 0.278. The summed E-state index contributed by atoms with van der Waals surface area (Å²) in [4.78, 5) is 12.9. The predicted octanol–water partition coefficient (Wildman–Crippen LogP) is 4.19. The molecule has 1 N–H and O–H groups in total. The highest BCUT2D eigenvalue weighted by Crippen LogP contribution is 2.31. The molecule has 0 aliphatic heterocycles. The van der Waals surface area contributed by atoms with Crippen molar-refractivity contribution >= 4 is 50.5 Å². The summed E-state index contributed by atoms with van der Waals surface area (Å²) >= 11 is 12.0. The van der Waals surface area contributed by atoms with Gasteiger partial charge in [0.05, 0.1) is 34.8 Å². The van der Waals surface area contributed by atoms with Crippen LogP contribution >= 0.6 is 23.2 Å². The summed E-state index contributed by atoms with van der Waals surface area (Å²) in [5, 5.41) is 3.22. The number of sulfonamides is 1. The van der Waals surface area contributed by atoms with E-state index in [2.05, 4.69) is 5.32 Å². The summed E-state index contributed by atoms with van der Waals surface area (Å²) in [6.45, 7) is 1.72. The molecule has 9 heteroatoms. The van der Waals surface area contributed by atoms with Gasteiger partial charge in [-0.1, -0.05) is 42.3 Å². The largest absolute Gasteiger partial charge is 0.495 e. The SMILES string of the molecule is CCC(C(=O)Nc1ccccc1OC)N(c1ccc(Cl)c(Cl)c1)S(C)(=O)=O. The second-order valence-electron chi connectivity index (χ2n) is 5.77. The minimum Gasteiger partial charge on any atom is -0.495 e. The van der Waals surface area contributed by atoms with Crippen LogP contribution in [0.1, 0.15) is 13.3 Å². The van der Waals surface area contributed by atoms with Gasteiger partial charge in [0.1, 0.15) is 11.8 Å². The molecule has 2 aromatic carbocycles. The molecule has 0 saturated carbocycles. The molecule has 0 aliphatic rings. The molecule has 1 atom stereocenters. The smallest absolute Gasteiger partial charge is 0.248 e. The van der Waals surface area contributed by atoms with Crippen molar-refractivity contribution in [3.05, 3.63) is 52.5 Å². The average Bonchev–Trinajstić information content (AvgIpc) is 2.61. The number of ether oxygens (including phenoxy) is 1. The fourth-order valence-corrected chi connectivity index (χ4v) is 4.14. The van der Waals surface area contributed by atoms with Crippen LogP contribution in [0.2, 0.25) is 10.0 Å². The zero-order valence-electron chi connectivity index (χ0n) is 15.1. The molecule has 2 rings (SSSR count). The van der Waals surface area contributed by atoms with Crippen LogP contribution in [0.5, 0.6) is 5.75 Å². The molecule has 0 aromatic heterocycles. The summed E-state index contributed by atoms with van der Waals surface area (Å²) in [6, 6.07) is 10.3. The number of anilines is 2. The molecule has 1 unspecified atom stereocenters. The van der Waals surface area contributed by atoms with E-state index in [0.717, 1.165) is 10.6 Å². The maximum absolute atomic E-state index is 12.9. The molecule has 2 aromatic rings. The lowest BCUT2D eigenvalue weighted by Gasteiger charge is -2.30. The van der Waals surface area contributed by atoms with Gasteiger partial charge in [0, 0.05) is 0 Å². The Labute approximate surface area is 169 Å². The van der Waals surface area contributed by atoms with Crippen LogP contribution in [0.3, 0.4) is 0 Å². The maximum atomic E-state index is 12.9. The Balaban J connectivity index is 2.43. The van der Waals surface area contributed by atoms with Crippen LogP contribution < -0.4 is 14.4 Å². The number of para-hydroxylation sites is 2. The van der Waals surface area contributed by atoms with Crippen molar-refractivity contribution in [3.63, 3.8) is 0 Å². The third-order valence-electron chi connectivity index (χ3n) is 3.85. The first-order chi connectivity index (χ1) is 12.7. The second kappa shape index (κ2) is 8.82. The van der Waals surface area contributed by atoms with Gasteiger partial charge in [-0.3, -0.25) is 9.10 Å². The number of amides is 1. The van der Waals surface area contributed by atoms with Crippen LogP contribution in [0, 0.1) is 0 Å². The Morgan fingerprint density at radius 2 is 1.85 bits per heavy atom. The standard InChI is InChI=1S/C18H20Cl2N2O4S/c1-4-16(18(23)21-15-7-5-6-8-17(15)26-2)22(27(3,24)25)12-9-10-13(19)14(20)11-12/h5-11,16H,4H2,1-3H3,(H,21,23). The van der Waals surface area contributed by atoms with E-state index in [9.17, 15) is 13.2 Å². The van der Waals surface area contributed by atoms with Crippen LogP contribution in [0.15, 0.2) is 42.5 Å². The first kappa shape index (κ1) is 21.3. The van der Waals surface area contributed by atoms with Crippen LogP contribution in [0.4, 0.5) is 11.4 Å². The number of rotatable bonds is 7. The van der Waals surface area contributed by atoms with Gasteiger partial charge in [-0.15, -0.1) is 0 Å². The van der Waals surface area contributed by atoms with Crippen molar-refractivity contribution < 1.29 is 17.9 Å². The molecule has 0 saturated heterocycles. The van der Waals surface area contributed by atoms with Crippen molar-refractivity contribution in [1.82, 2.24) is 0 Å². The lowest BCUT2D eigenvalue weighted by Crippen LogP contribution is -2.47. The van der Waals surface area contributed by atoms with Crippen molar-refractivity contribution in [2.45, 2.75) is 19.4 Å². The van der Waals surface area contributed by atoms with Crippen molar-refractivity contribution in [3.8, 4) is 5.75 Å². The highest BCUT2D eigenvalue weighted by atomic mass is 35.5. The predicted molar refractivity (Wildman–Crippen MR) is 109 cm³/mol. The number of halogens is 2. The molecule has 1 amide bonds. The number of methoxy groups -OCH3 is 1. The molecule has 0 heterocycles. The monoisotopic (exact) mass is 430 g/mol. The topological polar surface area (TPSA) is 75.7 Å². The van der Waals surface area contributed by atoms with E-state index in [1.807, 2.05) is 0 Å². The quantitative estimate of drug-likeness (QED) is 0.714. The minimum atomic E-state index is -3.77. The lowest BCUT2D eigenvalue weighted by atomic mass is 10.1. The normalized spacial score (nSPS) is 12.3. The van der Waals surface area contributed by atoms with Gasteiger partial charge in [0.25, 0.3) is 0 Å². The number of carbonyl (C=O) groups is 1. The van der Waals surface area contributed by atoms with E-state index < -0.39 is 22.0 Å². The fourth-order valence-electron chi connectivity index (χ4n) is 2.65. The van der Waals surface area contributed by atoms with Crippen LogP contribution in [-0.2, 0) is 14.8 Å². The molecule has 27 heavy (non-hydrogen) atoms. The summed E-state index contributed by atoms with van der Waals surface area (Å²) in [7, 11) is -2.29. The molecule has 0 radical (unpaired) electrons. The first-order valence-corrected chi connectivity index (χ1v) is 10.7. The van der Waals surface area contributed by atoms with Gasteiger partial charge >= 0.3 is 0 Å². The molecular formula is C18H20Cl2N2O4S. The van der Waals surface area contributed by atoms with Crippen LogP contribution in [0.25, 0.3) is 0 Å². The molecule has 0 spiro atoms. The van der Waals surface area contributed by atoms with Gasteiger partial charge in [-0.05, 0) is 36.8 Å². The number of hydrogen-bond acceptors (Lipinski definition) is 4. The second-order valence-corrected chi connectivity index (χ2v) is 8.44. The molecule has 0 fully saturated rings.